The number of aromatic nitrogens is 1. The number of nitrogens with zero attached hydrogens (tertiary/aromatic N) is 2. The number of thiazole rings is 1. The number of hydrogen-bond acceptors (Lipinski definition) is 7. The van der Waals surface area contributed by atoms with Crippen molar-refractivity contribution in [3.05, 3.63) is 29.3 Å². The number of ether oxygens (including phenoxy) is 1. The Bertz CT molecular complexity index is 681. The van der Waals surface area contributed by atoms with Gasteiger partial charge in [0.2, 0.25) is 0 Å². The van der Waals surface area contributed by atoms with E-state index in [1.807, 2.05) is 24.3 Å². The molecule has 1 unspecified atom stereocenters. The minimum absolute atomic E-state index is 0.194. The first-order chi connectivity index (χ1) is 9.51. The van der Waals surface area contributed by atoms with Crippen LogP contribution in [0.3, 0.4) is 0 Å². The van der Waals surface area contributed by atoms with Crippen LogP contribution in [0.15, 0.2) is 24.3 Å². The van der Waals surface area contributed by atoms with Crippen LogP contribution in [0.25, 0.3) is 10.2 Å². The number of fused-ring (bicyclic) bond motifs is 1. The highest BCUT2D eigenvalue weighted by molar-refractivity contribution is 7.80. The van der Waals surface area contributed by atoms with Crippen molar-refractivity contribution in [2.75, 3.05) is 19.7 Å². The van der Waals surface area contributed by atoms with Gasteiger partial charge < -0.3 is 4.74 Å². The van der Waals surface area contributed by atoms with Gasteiger partial charge in [-0.25, -0.2) is 4.98 Å². The molecular formula is C11H12N2O5S2. The maximum Gasteiger partial charge on any atom is 0.413 e. The summed E-state index contributed by atoms with van der Waals surface area (Å²) in [6.45, 7) is 0.761. The Morgan fingerprint density at radius 1 is 1.45 bits per heavy atom. The Morgan fingerprint density at radius 2 is 2.25 bits per heavy atom. The van der Waals surface area contributed by atoms with Crippen molar-refractivity contribution in [3.8, 4) is 0 Å². The number of hydrogen-bond donors (Lipinski definition) is 1. The first-order valence-electron chi connectivity index (χ1n) is 5.90. The fourth-order valence-electron chi connectivity index (χ4n) is 2.00. The summed E-state index contributed by atoms with van der Waals surface area (Å²) >= 11 is 1.49. The molecule has 0 amide bonds. The average Bonchev–Trinajstić information content (AvgIpc) is 2.80. The normalized spacial score (nSPS) is 21.4. The lowest BCUT2D eigenvalue weighted by atomic mass is 10.3. The maximum atomic E-state index is 10.7. The van der Waals surface area contributed by atoms with Crippen LogP contribution in [-0.4, -0.2) is 42.7 Å². The Balaban J connectivity index is 1.79. The number of morpholine rings is 1. The molecule has 7 nitrogen and oxygen atoms in total. The molecule has 1 N–H and O–H groups in total. The van der Waals surface area contributed by atoms with Gasteiger partial charge in [0.05, 0.1) is 23.4 Å². The van der Waals surface area contributed by atoms with Crippen molar-refractivity contribution in [1.82, 2.24) is 10.0 Å². The first kappa shape index (κ1) is 13.9. The lowest BCUT2D eigenvalue weighted by molar-refractivity contribution is -0.150. The molecule has 1 atom stereocenters. The highest BCUT2D eigenvalue weighted by Gasteiger charge is 2.27. The molecule has 2 heterocycles. The maximum absolute atomic E-state index is 10.7. The van der Waals surface area contributed by atoms with Gasteiger partial charge in [-0.15, -0.1) is 11.3 Å². The van der Waals surface area contributed by atoms with Crippen LogP contribution in [0.2, 0.25) is 0 Å². The molecule has 2 aromatic rings. The van der Waals surface area contributed by atoms with Crippen LogP contribution in [0, 0.1) is 0 Å². The highest BCUT2D eigenvalue weighted by atomic mass is 32.3. The van der Waals surface area contributed by atoms with E-state index >= 15 is 0 Å². The van der Waals surface area contributed by atoms with E-state index in [-0.39, 0.29) is 19.2 Å². The zero-order valence-corrected chi connectivity index (χ0v) is 11.9. The van der Waals surface area contributed by atoms with Gasteiger partial charge in [-0.2, -0.15) is 17.8 Å². The monoisotopic (exact) mass is 316 g/mol. The second-order valence-electron chi connectivity index (χ2n) is 4.27. The number of rotatable bonds is 3. The van der Waals surface area contributed by atoms with E-state index in [0.717, 1.165) is 20.3 Å². The molecule has 0 spiro atoms. The summed E-state index contributed by atoms with van der Waals surface area (Å²) in [7, 11) is -4.50. The van der Waals surface area contributed by atoms with Gasteiger partial charge in [0, 0.05) is 6.54 Å². The van der Waals surface area contributed by atoms with E-state index in [1.165, 1.54) is 11.3 Å². The molecule has 0 radical (unpaired) electrons. The lowest BCUT2D eigenvalue weighted by Gasteiger charge is -2.29. The predicted molar refractivity (Wildman–Crippen MR) is 72.5 cm³/mol. The highest BCUT2D eigenvalue weighted by Crippen LogP contribution is 2.30. The van der Waals surface area contributed by atoms with Gasteiger partial charge in [-0.1, -0.05) is 12.1 Å². The summed E-state index contributed by atoms with van der Waals surface area (Å²) in [6, 6.07) is 7.71. The second kappa shape index (κ2) is 5.35. The Morgan fingerprint density at radius 3 is 3.00 bits per heavy atom. The molecule has 20 heavy (non-hydrogen) atoms. The third-order valence-corrected chi connectivity index (χ3v) is 4.34. The van der Waals surface area contributed by atoms with Crippen molar-refractivity contribution in [3.63, 3.8) is 0 Å². The van der Waals surface area contributed by atoms with Gasteiger partial charge in [-0.3, -0.25) is 4.55 Å². The lowest BCUT2D eigenvalue weighted by Crippen LogP contribution is -2.39. The third kappa shape index (κ3) is 3.14. The summed E-state index contributed by atoms with van der Waals surface area (Å²) in [5.41, 5.74) is 0.879. The summed E-state index contributed by atoms with van der Waals surface area (Å²) < 4.78 is 41.2. The Hall–Kier alpha value is -1.10. The van der Waals surface area contributed by atoms with Crippen molar-refractivity contribution in [2.45, 2.75) is 6.10 Å². The van der Waals surface area contributed by atoms with Crippen LogP contribution in [-0.2, 0) is 19.4 Å². The molecule has 1 aliphatic heterocycles. The van der Waals surface area contributed by atoms with Gasteiger partial charge in [-0.05, 0) is 12.1 Å². The quantitative estimate of drug-likeness (QED) is 0.856. The molecule has 0 saturated carbocycles. The van der Waals surface area contributed by atoms with Crippen LogP contribution >= 0.6 is 11.3 Å². The fourth-order valence-corrected chi connectivity index (χ4v) is 3.41. The van der Waals surface area contributed by atoms with Crippen molar-refractivity contribution < 1.29 is 22.0 Å². The van der Waals surface area contributed by atoms with Crippen LogP contribution in [0.4, 0.5) is 0 Å². The predicted octanol–water partition coefficient (Wildman–Crippen LogP) is 1.40. The van der Waals surface area contributed by atoms with E-state index in [1.54, 1.807) is 0 Å². The summed E-state index contributed by atoms with van der Waals surface area (Å²) in [4.78, 5) is 4.47. The minimum atomic E-state index is -4.50. The summed E-state index contributed by atoms with van der Waals surface area (Å²) in [5.74, 6) is 0. The van der Waals surface area contributed by atoms with Crippen molar-refractivity contribution in [2.24, 2.45) is 0 Å². The number of benzene rings is 1. The van der Waals surface area contributed by atoms with Crippen molar-refractivity contribution in [1.29, 1.82) is 0 Å². The average molecular weight is 316 g/mol. The fraction of sp³-hybridized carbons (Fsp3) is 0.364. The van der Waals surface area contributed by atoms with E-state index in [4.69, 9.17) is 9.29 Å². The van der Waals surface area contributed by atoms with Gasteiger partial charge >= 0.3 is 10.4 Å². The zero-order valence-electron chi connectivity index (χ0n) is 10.3. The van der Waals surface area contributed by atoms with E-state index in [0.29, 0.717) is 6.61 Å². The first-order valence-corrected chi connectivity index (χ1v) is 8.08. The molecule has 1 aliphatic rings. The molecule has 1 fully saturated rings. The second-order valence-corrected chi connectivity index (χ2v) is 6.34. The topological polar surface area (TPSA) is 89.0 Å². The van der Waals surface area contributed by atoms with E-state index in [9.17, 15) is 8.42 Å². The molecule has 0 bridgehead atoms. The molecule has 1 aromatic carbocycles. The summed E-state index contributed by atoms with van der Waals surface area (Å²) in [5, 5.41) is 1.92. The SMILES string of the molecule is O=S(=O)(O)ON1CCOC(c2nc3ccccc3s2)C1. The summed E-state index contributed by atoms with van der Waals surface area (Å²) in [6.07, 6.45) is -0.372. The van der Waals surface area contributed by atoms with Gasteiger partial charge in [0.25, 0.3) is 0 Å². The standard InChI is InChI=1S/C11H12N2O5S2/c14-20(15,16)18-13-5-6-17-9(7-13)11-12-8-3-1-2-4-10(8)19-11/h1-4,9H,5-7H2,(H,14,15,16). The molecule has 0 aliphatic carbocycles. The Kier molecular flexibility index (Phi) is 3.71. The van der Waals surface area contributed by atoms with Crippen molar-refractivity contribution >= 4 is 32.0 Å². The van der Waals surface area contributed by atoms with Gasteiger partial charge in [0.1, 0.15) is 11.1 Å². The molecular weight excluding hydrogens is 304 g/mol. The van der Waals surface area contributed by atoms with Crippen LogP contribution in [0.1, 0.15) is 11.1 Å². The molecule has 1 saturated heterocycles. The smallest absolute Gasteiger partial charge is 0.368 e. The largest absolute Gasteiger partial charge is 0.413 e. The number of hydroxylamine groups is 2. The molecule has 1 aromatic heterocycles. The third-order valence-electron chi connectivity index (χ3n) is 2.81. The molecule has 3 rings (SSSR count). The molecule has 9 heteroatoms. The zero-order chi connectivity index (χ0) is 14.2. The van der Waals surface area contributed by atoms with E-state index in [2.05, 4.69) is 9.27 Å². The minimum Gasteiger partial charge on any atom is -0.368 e. The van der Waals surface area contributed by atoms with Gasteiger partial charge in [0.15, 0.2) is 0 Å². The van der Waals surface area contributed by atoms with E-state index < -0.39 is 10.4 Å². The Labute approximate surface area is 119 Å². The molecule has 108 valence electrons. The van der Waals surface area contributed by atoms with Crippen LogP contribution < -0.4 is 0 Å². The van der Waals surface area contributed by atoms with Crippen LogP contribution in [0.5, 0.6) is 0 Å². The number of para-hydroxylation sites is 1.